The molecule has 0 aliphatic rings. The number of ketones is 1. The van der Waals surface area contributed by atoms with Crippen molar-refractivity contribution in [2.45, 2.75) is 79.2 Å². The normalized spacial score (nSPS) is 12.8. The molecule has 2 heteroatoms. The van der Waals surface area contributed by atoms with Gasteiger partial charge in [0.25, 0.3) is 0 Å². The van der Waals surface area contributed by atoms with E-state index in [1.807, 2.05) is 0 Å². The number of ether oxygens (including phenoxy) is 1. The van der Waals surface area contributed by atoms with E-state index in [0.29, 0.717) is 12.2 Å². The Hall–Kier alpha value is -0.370. The van der Waals surface area contributed by atoms with Gasteiger partial charge in [-0.3, -0.25) is 4.79 Å². The quantitative estimate of drug-likeness (QED) is 0.620. The Bertz CT molecular complexity index is 218. The van der Waals surface area contributed by atoms with Crippen LogP contribution < -0.4 is 0 Å². The first kappa shape index (κ1) is 16.6. The third kappa shape index (κ3) is 13.6. The molecule has 17 heavy (non-hydrogen) atoms. The molecule has 0 aliphatic carbocycles. The summed E-state index contributed by atoms with van der Waals surface area (Å²) in [4.78, 5) is 11.6. The van der Waals surface area contributed by atoms with Crippen molar-refractivity contribution >= 4 is 5.78 Å². The van der Waals surface area contributed by atoms with Gasteiger partial charge < -0.3 is 4.74 Å². The number of hydrogen-bond donors (Lipinski definition) is 0. The molecule has 0 aromatic rings. The highest BCUT2D eigenvalue weighted by molar-refractivity contribution is 5.78. The molecule has 0 aromatic heterocycles. The van der Waals surface area contributed by atoms with Crippen LogP contribution in [0.4, 0.5) is 0 Å². The van der Waals surface area contributed by atoms with Gasteiger partial charge >= 0.3 is 0 Å². The summed E-state index contributed by atoms with van der Waals surface area (Å²) in [6.45, 7) is 13.5. The number of rotatable bonds is 7. The van der Waals surface area contributed by atoms with Crippen LogP contribution in [0, 0.1) is 5.41 Å². The molecule has 0 spiro atoms. The van der Waals surface area contributed by atoms with Gasteiger partial charge in [-0.25, -0.2) is 0 Å². The molecule has 0 aromatic carbocycles. The van der Waals surface area contributed by atoms with E-state index in [2.05, 4.69) is 41.5 Å². The Labute approximate surface area is 107 Å². The summed E-state index contributed by atoms with van der Waals surface area (Å²) in [5, 5.41) is 0. The molecule has 0 heterocycles. The molecular formula is C15H30O2. The second-order valence-electron chi connectivity index (χ2n) is 7.02. The largest absolute Gasteiger partial charge is 0.376 e. The smallest absolute Gasteiger partial charge is 0.132 e. The van der Waals surface area contributed by atoms with Crippen molar-refractivity contribution in [3.8, 4) is 0 Å². The average molecular weight is 242 g/mol. The standard InChI is InChI=1S/C15H30O2/c1-14(2,3)11-10-13(16)9-7-8-12-17-15(4,5)6/h7-12H2,1-6H3. The number of hydrogen-bond acceptors (Lipinski definition) is 2. The van der Waals surface area contributed by atoms with Crippen molar-refractivity contribution in [3.05, 3.63) is 0 Å². The summed E-state index contributed by atoms with van der Waals surface area (Å²) in [6, 6.07) is 0. The molecule has 0 saturated heterocycles. The average Bonchev–Trinajstić information content (AvgIpc) is 2.11. The zero-order chi connectivity index (χ0) is 13.5. The Morgan fingerprint density at radius 3 is 2.00 bits per heavy atom. The van der Waals surface area contributed by atoms with E-state index < -0.39 is 0 Å². The lowest BCUT2D eigenvalue weighted by molar-refractivity contribution is -0.119. The van der Waals surface area contributed by atoms with E-state index in [0.717, 1.165) is 32.3 Å². The number of carbonyl (C=O) groups excluding carboxylic acids is 1. The van der Waals surface area contributed by atoms with Crippen molar-refractivity contribution in [2.75, 3.05) is 6.61 Å². The topological polar surface area (TPSA) is 26.3 Å². The molecule has 0 N–H and O–H groups in total. The zero-order valence-corrected chi connectivity index (χ0v) is 12.6. The monoisotopic (exact) mass is 242 g/mol. The lowest BCUT2D eigenvalue weighted by atomic mass is 9.89. The molecule has 2 nitrogen and oxygen atoms in total. The maximum absolute atomic E-state index is 11.6. The summed E-state index contributed by atoms with van der Waals surface area (Å²) in [5.41, 5.74) is 0.210. The Kier molecular flexibility index (Phi) is 6.99. The van der Waals surface area contributed by atoms with Crippen LogP contribution >= 0.6 is 0 Å². The minimum absolute atomic E-state index is 0.0593. The first-order valence-corrected chi connectivity index (χ1v) is 6.76. The summed E-state index contributed by atoms with van der Waals surface area (Å²) in [5.74, 6) is 0.399. The zero-order valence-electron chi connectivity index (χ0n) is 12.6. The van der Waals surface area contributed by atoms with Crippen molar-refractivity contribution in [3.63, 3.8) is 0 Å². The van der Waals surface area contributed by atoms with Crippen LogP contribution in [0.5, 0.6) is 0 Å². The van der Waals surface area contributed by atoms with E-state index in [1.165, 1.54) is 0 Å². The third-order valence-corrected chi connectivity index (χ3v) is 2.54. The summed E-state index contributed by atoms with van der Waals surface area (Å²) >= 11 is 0. The Morgan fingerprint density at radius 2 is 1.53 bits per heavy atom. The van der Waals surface area contributed by atoms with Crippen LogP contribution in [0.15, 0.2) is 0 Å². The van der Waals surface area contributed by atoms with E-state index in [1.54, 1.807) is 0 Å². The van der Waals surface area contributed by atoms with Crippen LogP contribution in [0.3, 0.4) is 0 Å². The van der Waals surface area contributed by atoms with Crippen molar-refractivity contribution in [2.24, 2.45) is 5.41 Å². The molecule has 0 unspecified atom stereocenters. The highest BCUT2D eigenvalue weighted by atomic mass is 16.5. The molecule has 0 aliphatic heterocycles. The Morgan fingerprint density at radius 1 is 0.941 bits per heavy atom. The van der Waals surface area contributed by atoms with Gasteiger partial charge in [0.2, 0.25) is 0 Å². The fourth-order valence-electron chi connectivity index (χ4n) is 1.44. The summed E-state index contributed by atoms with van der Waals surface area (Å²) in [6.07, 6.45) is 4.37. The highest BCUT2D eigenvalue weighted by Crippen LogP contribution is 2.21. The second-order valence-corrected chi connectivity index (χ2v) is 7.02. The van der Waals surface area contributed by atoms with Gasteiger partial charge in [0.15, 0.2) is 0 Å². The predicted molar refractivity (Wildman–Crippen MR) is 73.3 cm³/mol. The van der Waals surface area contributed by atoms with Gasteiger partial charge in [-0.15, -0.1) is 0 Å². The van der Waals surface area contributed by atoms with E-state index in [9.17, 15) is 4.79 Å². The molecule has 0 bridgehead atoms. The minimum atomic E-state index is -0.0593. The van der Waals surface area contributed by atoms with Crippen LogP contribution in [0.25, 0.3) is 0 Å². The van der Waals surface area contributed by atoms with Gasteiger partial charge in [-0.05, 0) is 45.4 Å². The van der Waals surface area contributed by atoms with Crippen molar-refractivity contribution < 1.29 is 9.53 Å². The summed E-state index contributed by atoms with van der Waals surface area (Å²) < 4.78 is 5.61. The lowest BCUT2D eigenvalue weighted by Gasteiger charge is -2.19. The number of carbonyl (C=O) groups is 1. The van der Waals surface area contributed by atoms with E-state index in [-0.39, 0.29) is 11.0 Å². The van der Waals surface area contributed by atoms with Gasteiger partial charge in [-0.1, -0.05) is 20.8 Å². The predicted octanol–water partition coefficient (Wildman–Crippen LogP) is 4.37. The molecular weight excluding hydrogens is 212 g/mol. The van der Waals surface area contributed by atoms with E-state index >= 15 is 0 Å². The van der Waals surface area contributed by atoms with Gasteiger partial charge in [0, 0.05) is 19.4 Å². The fraction of sp³-hybridized carbons (Fsp3) is 0.933. The minimum Gasteiger partial charge on any atom is -0.376 e. The molecule has 0 amide bonds. The summed E-state index contributed by atoms with van der Waals surface area (Å²) in [7, 11) is 0. The molecule has 0 fully saturated rings. The number of unbranched alkanes of at least 4 members (excludes halogenated alkanes) is 1. The van der Waals surface area contributed by atoms with Crippen molar-refractivity contribution in [1.82, 2.24) is 0 Å². The molecule has 0 atom stereocenters. The van der Waals surface area contributed by atoms with Crippen molar-refractivity contribution in [1.29, 1.82) is 0 Å². The van der Waals surface area contributed by atoms with Crippen LogP contribution in [0.1, 0.15) is 73.6 Å². The van der Waals surface area contributed by atoms with Gasteiger partial charge in [0.1, 0.15) is 5.78 Å². The van der Waals surface area contributed by atoms with Crippen LogP contribution in [-0.2, 0) is 9.53 Å². The van der Waals surface area contributed by atoms with Gasteiger partial charge in [-0.2, -0.15) is 0 Å². The number of Topliss-reactive ketones (excluding diaryl/α,β-unsaturated/α-hetero) is 1. The van der Waals surface area contributed by atoms with Gasteiger partial charge in [0.05, 0.1) is 5.60 Å². The second kappa shape index (κ2) is 7.15. The first-order chi connectivity index (χ1) is 7.60. The molecule has 102 valence electrons. The van der Waals surface area contributed by atoms with Crippen LogP contribution in [0.2, 0.25) is 0 Å². The first-order valence-electron chi connectivity index (χ1n) is 6.76. The maximum atomic E-state index is 11.6. The molecule has 0 saturated carbocycles. The van der Waals surface area contributed by atoms with Crippen LogP contribution in [-0.4, -0.2) is 18.0 Å². The Balaban J connectivity index is 3.47. The van der Waals surface area contributed by atoms with E-state index in [4.69, 9.17) is 4.74 Å². The lowest BCUT2D eigenvalue weighted by Crippen LogP contribution is -2.19. The maximum Gasteiger partial charge on any atom is 0.132 e. The fourth-order valence-corrected chi connectivity index (χ4v) is 1.44. The third-order valence-electron chi connectivity index (χ3n) is 2.54. The molecule has 0 rings (SSSR count). The molecule has 0 radical (unpaired) electrons. The SMILES string of the molecule is CC(C)(C)CCC(=O)CCCCOC(C)(C)C. The highest BCUT2D eigenvalue weighted by Gasteiger charge is 2.13.